The van der Waals surface area contributed by atoms with E-state index in [1.54, 1.807) is 6.08 Å². The molecule has 0 amide bonds. The van der Waals surface area contributed by atoms with Gasteiger partial charge in [-0.3, -0.25) is 14.4 Å². The molecule has 5 heteroatoms. The standard InChI is InChI=1S/C20H24O5/c1-9(2)10-8-11-12(15(23)13(10)21)20-7-5-6-19(3,4)17(20)16(14(11)22)25-18(20)24/h8-9,14,16-17,22H,5-7H2,1-4H3/t14-,16-,17+,20+/m1/s1. The summed E-state index contributed by atoms with van der Waals surface area (Å²) in [5, 5.41) is 10.9. The lowest BCUT2D eigenvalue weighted by Crippen LogP contribution is -2.56. The zero-order chi connectivity index (χ0) is 18.3. The smallest absolute Gasteiger partial charge is 0.317 e. The van der Waals surface area contributed by atoms with Gasteiger partial charge in [0.25, 0.3) is 0 Å². The summed E-state index contributed by atoms with van der Waals surface area (Å²) in [6.45, 7) is 7.81. The number of ether oxygens (including phenoxy) is 1. The molecule has 25 heavy (non-hydrogen) atoms. The van der Waals surface area contributed by atoms with Crippen molar-refractivity contribution < 1.29 is 24.2 Å². The van der Waals surface area contributed by atoms with Crippen molar-refractivity contribution in [3.8, 4) is 0 Å². The van der Waals surface area contributed by atoms with Crippen LogP contribution in [0.1, 0.15) is 47.0 Å². The predicted octanol–water partition coefficient (Wildman–Crippen LogP) is 2.13. The van der Waals surface area contributed by atoms with Crippen LogP contribution >= 0.6 is 0 Å². The zero-order valence-corrected chi connectivity index (χ0v) is 15.1. The van der Waals surface area contributed by atoms with Gasteiger partial charge in [0.15, 0.2) is 0 Å². The number of hydrogen-bond donors (Lipinski definition) is 1. The van der Waals surface area contributed by atoms with Crippen LogP contribution in [0.25, 0.3) is 0 Å². The summed E-state index contributed by atoms with van der Waals surface area (Å²) in [6.07, 6.45) is 2.14. The lowest BCUT2D eigenvalue weighted by Gasteiger charge is -2.51. The van der Waals surface area contributed by atoms with Crippen molar-refractivity contribution in [2.45, 2.75) is 59.2 Å². The van der Waals surface area contributed by atoms with Gasteiger partial charge >= 0.3 is 5.97 Å². The highest BCUT2D eigenvalue weighted by Crippen LogP contribution is 2.65. The molecule has 0 radical (unpaired) electrons. The van der Waals surface area contributed by atoms with E-state index in [2.05, 4.69) is 13.8 Å². The second-order valence-corrected chi connectivity index (χ2v) is 8.85. The van der Waals surface area contributed by atoms with E-state index in [9.17, 15) is 19.5 Å². The minimum Gasteiger partial charge on any atom is -0.458 e. The molecule has 1 saturated carbocycles. The van der Waals surface area contributed by atoms with Gasteiger partial charge in [0.2, 0.25) is 11.6 Å². The zero-order valence-electron chi connectivity index (χ0n) is 15.1. The minimum absolute atomic E-state index is 0.120. The van der Waals surface area contributed by atoms with Crippen molar-refractivity contribution in [2.75, 3.05) is 0 Å². The number of Topliss-reactive ketones (excluding diaryl/α,β-unsaturated/α-hetero) is 2. The Morgan fingerprint density at radius 1 is 1.16 bits per heavy atom. The SMILES string of the molecule is CC(C)C1=CC2=C(C(=O)C1=O)[C@@]13CCCC(C)(C)[C@@H]1[C@H](OC3=O)[C@@H]2O. The molecule has 3 aliphatic carbocycles. The summed E-state index contributed by atoms with van der Waals surface area (Å²) in [4.78, 5) is 38.6. The van der Waals surface area contributed by atoms with Crippen molar-refractivity contribution in [1.29, 1.82) is 0 Å². The van der Waals surface area contributed by atoms with E-state index in [-0.39, 0.29) is 22.8 Å². The fourth-order valence-corrected chi connectivity index (χ4v) is 5.66. The van der Waals surface area contributed by atoms with Crippen molar-refractivity contribution in [3.05, 3.63) is 22.8 Å². The van der Waals surface area contributed by atoms with E-state index in [4.69, 9.17) is 4.74 Å². The molecular weight excluding hydrogens is 320 g/mol. The molecule has 4 aliphatic rings. The summed E-state index contributed by atoms with van der Waals surface area (Å²) >= 11 is 0. The van der Waals surface area contributed by atoms with E-state index in [1.807, 2.05) is 13.8 Å². The summed E-state index contributed by atoms with van der Waals surface area (Å²) < 4.78 is 5.62. The summed E-state index contributed by atoms with van der Waals surface area (Å²) in [5.74, 6) is -2.01. The van der Waals surface area contributed by atoms with Gasteiger partial charge in [0.05, 0.1) is 0 Å². The first-order valence-corrected chi connectivity index (χ1v) is 9.07. The molecule has 134 valence electrons. The topological polar surface area (TPSA) is 80.7 Å². The number of aliphatic hydroxyl groups excluding tert-OH is 1. The first-order chi connectivity index (χ1) is 11.6. The molecule has 2 bridgehead atoms. The minimum atomic E-state index is -1.08. The van der Waals surface area contributed by atoms with E-state index < -0.39 is 35.2 Å². The monoisotopic (exact) mass is 344 g/mol. The Bertz CT molecular complexity index is 769. The molecule has 1 saturated heterocycles. The molecule has 4 atom stereocenters. The highest BCUT2D eigenvalue weighted by Gasteiger charge is 2.71. The van der Waals surface area contributed by atoms with Crippen LogP contribution in [0.4, 0.5) is 0 Å². The molecule has 1 N–H and O–H groups in total. The molecule has 1 aliphatic heterocycles. The van der Waals surface area contributed by atoms with Gasteiger partial charge in [-0.25, -0.2) is 0 Å². The first kappa shape index (κ1) is 16.7. The van der Waals surface area contributed by atoms with Gasteiger partial charge in [-0.1, -0.05) is 34.1 Å². The molecule has 5 nitrogen and oxygen atoms in total. The van der Waals surface area contributed by atoms with E-state index in [1.165, 1.54) is 0 Å². The van der Waals surface area contributed by atoms with Crippen molar-refractivity contribution in [3.63, 3.8) is 0 Å². The van der Waals surface area contributed by atoms with Gasteiger partial charge in [0.1, 0.15) is 17.6 Å². The van der Waals surface area contributed by atoms with Crippen molar-refractivity contribution >= 4 is 17.5 Å². The van der Waals surface area contributed by atoms with Crippen LogP contribution in [0.15, 0.2) is 22.8 Å². The van der Waals surface area contributed by atoms with Crippen LogP contribution in [0.3, 0.4) is 0 Å². The average molecular weight is 344 g/mol. The van der Waals surface area contributed by atoms with Crippen LogP contribution in [0.5, 0.6) is 0 Å². The predicted molar refractivity (Wildman–Crippen MR) is 89.4 cm³/mol. The molecular formula is C20H24O5. The van der Waals surface area contributed by atoms with Crippen LogP contribution in [0, 0.1) is 22.7 Å². The Balaban J connectivity index is 2.01. The quantitative estimate of drug-likeness (QED) is 0.448. The van der Waals surface area contributed by atoms with Crippen molar-refractivity contribution in [1.82, 2.24) is 0 Å². The maximum Gasteiger partial charge on any atom is 0.317 e. The Labute approximate surface area is 147 Å². The molecule has 0 aromatic rings. The van der Waals surface area contributed by atoms with Gasteiger partial charge in [-0.05, 0) is 35.8 Å². The molecule has 0 spiro atoms. The second-order valence-electron chi connectivity index (χ2n) is 8.85. The Kier molecular flexibility index (Phi) is 3.28. The third-order valence-electron chi connectivity index (χ3n) is 6.69. The maximum atomic E-state index is 13.0. The number of hydrogen-bond acceptors (Lipinski definition) is 5. The molecule has 1 heterocycles. The number of rotatable bonds is 1. The Morgan fingerprint density at radius 3 is 2.48 bits per heavy atom. The van der Waals surface area contributed by atoms with Crippen LogP contribution in [-0.2, 0) is 19.1 Å². The molecule has 0 aromatic carbocycles. The fraction of sp³-hybridized carbons (Fsp3) is 0.650. The number of allylic oxidation sites excluding steroid dienone is 1. The highest BCUT2D eigenvalue weighted by atomic mass is 16.6. The van der Waals surface area contributed by atoms with E-state index in [0.29, 0.717) is 17.6 Å². The highest BCUT2D eigenvalue weighted by molar-refractivity contribution is 6.51. The molecule has 4 rings (SSSR count). The van der Waals surface area contributed by atoms with E-state index >= 15 is 0 Å². The number of carbonyl (C=O) groups is 3. The van der Waals surface area contributed by atoms with Gasteiger partial charge in [-0.15, -0.1) is 0 Å². The van der Waals surface area contributed by atoms with Gasteiger partial charge < -0.3 is 9.84 Å². The average Bonchev–Trinajstić information content (AvgIpc) is 2.79. The summed E-state index contributed by atoms with van der Waals surface area (Å²) in [6, 6.07) is 0. The van der Waals surface area contributed by atoms with Crippen molar-refractivity contribution in [2.24, 2.45) is 22.7 Å². The first-order valence-electron chi connectivity index (χ1n) is 9.07. The largest absolute Gasteiger partial charge is 0.458 e. The lowest BCUT2D eigenvalue weighted by atomic mass is 9.48. The Morgan fingerprint density at radius 2 is 1.84 bits per heavy atom. The number of carbonyl (C=O) groups excluding carboxylic acids is 3. The van der Waals surface area contributed by atoms with Crippen LogP contribution in [-0.4, -0.2) is 34.9 Å². The van der Waals surface area contributed by atoms with Gasteiger partial charge in [0, 0.05) is 17.1 Å². The molecule has 0 unspecified atom stereocenters. The number of ketones is 2. The lowest BCUT2D eigenvalue weighted by molar-refractivity contribution is -0.149. The Hall–Kier alpha value is -1.75. The van der Waals surface area contributed by atoms with Crippen LogP contribution in [0.2, 0.25) is 0 Å². The van der Waals surface area contributed by atoms with Gasteiger partial charge in [-0.2, -0.15) is 0 Å². The second kappa shape index (κ2) is 4.91. The number of esters is 1. The third-order valence-corrected chi connectivity index (χ3v) is 6.69. The molecule has 2 fully saturated rings. The number of aliphatic hydroxyl groups is 1. The maximum absolute atomic E-state index is 13.0. The molecule has 0 aromatic heterocycles. The van der Waals surface area contributed by atoms with Crippen LogP contribution < -0.4 is 0 Å². The fourth-order valence-electron chi connectivity index (χ4n) is 5.66. The summed E-state index contributed by atoms with van der Waals surface area (Å²) in [7, 11) is 0. The van der Waals surface area contributed by atoms with E-state index in [0.717, 1.165) is 12.8 Å². The normalized spacial score (nSPS) is 39.2. The summed E-state index contributed by atoms with van der Waals surface area (Å²) in [5.41, 5.74) is -0.282. The third kappa shape index (κ3) is 1.85.